The van der Waals surface area contributed by atoms with Crippen LogP contribution >= 0.6 is 0 Å². The zero-order chi connectivity index (χ0) is 43.0. The van der Waals surface area contributed by atoms with Crippen molar-refractivity contribution in [3.05, 3.63) is 85.1 Å². The van der Waals surface area contributed by atoms with Gasteiger partial charge in [-0.3, -0.25) is 14.4 Å². The Kier molecular flexibility index (Phi) is 44.5. The molecule has 0 aromatic rings. The summed E-state index contributed by atoms with van der Waals surface area (Å²) in [6.45, 7) is 6.27. The Labute approximate surface area is 363 Å². The van der Waals surface area contributed by atoms with Gasteiger partial charge in [-0.15, -0.1) is 0 Å². The van der Waals surface area contributed by atoms with Crippen LogP contribution < -0.4 is 0 Å². The number of esters is 3. The third kappa shape index (κ3) is 45.5. The van der Waals surface area contributed by atoms with Crippen LogP contribution in [0.5, 0.6) is 0 Å². The maximum absolute atomic E-state index is 12.7. The van der Waals surface area contributed by atoms with Crippen molar-refractivity contribution in [3.8, 4) is 0 Å². The van der Waals surface area contributed by atoms with Crippen molar-refractivity contribution in [1.82, 2.24) is 0 Å². The van der Waals surface area contributed by atoms with E-state index >= 15 is 0 Å². The van der Waals surface area contributed by atoms with Crippen molar-refractivity contribution < 1.29 is 28.6 Å². The van der Waals surface area contributed by atoms with E-state index < -0.39 is 12.1 Å². The average Bonchev–Trinajstić information content (AvgIpc) is 3.23. The predicted octanol–water partition coefficient (Wildman–Crippen LogP) is 15.6. The zero-order valence-electron chi connectivity index (χ0n) is 38.2. The maximum Gasteiger partial charge on any atom is 0.306 e. The van der Waals surface area contributed by atoms with Gasteiger partial charge in [0.1, 0.15) is 13.2 Å². The summed E-state index contributed by atoms with van der Waals surface area (Å²) in [5.74, 6) is -1.03. The van der Waals surface area contributed by atoms with Crippen LogP contribution in [0.1, 0.15) is 213 Å². The Morgan fingerprint density at radius 1 is 0.373 bits per heavy atom. The number of carbonyl (C=O) groups is 3. The molecule has 0 aliphatic carbocycles. The fourth-order valence-corrected chi connectivity index (χ4v) is 6.45. The minimum absolute atomic E-state index is 0.115. The van der Waals surface area contributed by atoms with Crippen molar-refractivity contribution in [2.75, 3.05) is 13.2 Å². The fraction of sp³-hybridized carbons (Fsp3) is 0.679. The number of carbonyl (C=O) groups excluding carboxylic acids is 3. The molecule has 0 fully saturated rings. The lowest BCUT2D eigenvalue weighted by atomic mass is 10.0. The third-order valence-electron chi connectivity index (χ3n) is 10.0. The van der Waals surface area contributed by atoms with E-state index in [0.29, 0.717) is 19.3 Å². The van der Waals surface area contributed by atoms with Crippen LogP contribution in [0, 0.1) is 0 Å². The Bertz CT molecular complexity index is 1170. The van der Waals surface area contributed by atoms with Crippen molar-refractivity contribution in [1.29, 1.82) is 0 Å². The summed E-state index contributed by atoms with van der Waals surface area (Å²) in [6.07, 6.45) is 60.3. The fourth-order valence-electron chi connectivity index (χ4n) is 6.45. The van der Waals surface area contributed by atoms with E-state index in [1.807, 2.05) is 54.7 Å². The van der Waals surface area contributed by atoms with Gasteiger partial charge in [-0.25, -0.2) is 0 Å². The highest BCUT2D eigenvalue weighted by Crippen LogP contribution is 2.15. The van der Waals surface area contributed by atoms with Gasteiger partial charge in [0, 0.05) is 19.3 Å². The summed E-state index contributed by atoms with van der Waals surface area (Å²) < 4.78 is 16.6. The quantitative estimate of drug-likeness (QED) is 0.0201. The van der Waals surface area contributed by atoms with Gasteiger partial charge in [-0.05, 0) is 57.8 Å². The molecule has 0 spiro atoms. The lowest BCUT2D eigenvalue weighted by Crippen LogP contribution is -2.30. The van der Waals surface area contributed by atoms with Gasteiger partial charge in [0.15, 0.2) is 6.10 Å². The van der Waals surface area contributed by atoms with Crippen molar-refractivity contribution >= 4 is 17.9 Å². The normalized spacial score (nSPS) is 12.8. The molecule has 0 aliphatic heterocycles. The van der Waals surface area contributed by atoms with Crippen molar-refractivity contribution in [3.63, 3.8) is 0 Å². The first kappa shape index (κ1) is 55.6. The molecule has 1 atom stereocenters. The van der Waals surface area contributed by atoms with E-state index in [-0.39, 0.29) is 31.6 Å². The molecule has 6 nitrogen and oxygen atoms in total. The topological polar surface area (TPSA) is 78.9 Å². The van der Waals surface area contributed by atoms with Crippen LogP contribution in [0.25, 0.3) is 0 Å². The molecule has 0 N–H and O–H groups in total. The molecule has 1 unspecified atom stereocenters. The Balaban J connectivity index is 4.38. The molecule has 0 amide bonds. The van der Waals surface area contributed by atoms with Gasteiger partial charge in [-0.1, -0.05) is 221 Å². The Morgan fingerprint density at radius 3 is 1.25 bits per heavy atom. The molecular formula is C53H88O6. The van der Waals surface area contributed by atoms with Gasteiger partial charge >= 0.3 is 17.9 Å². The second kappa shape index (κ2) is 47.3. The first-order valence-electron chi connectivity index (χ1n) is 24.2. The van der Waals surface area contributed by atoms with E-state index in [0.717, 1.165) is 64.2 Å². The molecule has 0 aromatic carbocycles. The molecule has 0 rings (SSSR count). The molecule has 0 saturated heterocycles. The first-order chi connectivity index (χ1) is 29.0. The number of hydrogen-bond donors (Lipinski definition) is 0. The highest BCUT2D eigenvalue weighted by Gasteiger charge is 2.19. The SMILES string of the molecule is CC\C=C/C=C\C=C/C=C\C=C/CCCC(=O)OC(COC(=O)CCCC/C=C\C/C=C\CC)COC(=O)CCCCCCCCCCCCCCCCCCCCC. The van der Waals surface area contributed by atoms with Gasteiger partial charge in [-0.2, -0.15) is 0 Å². The molecule has 6 heteroatoms. The van der Waals surface area contributed by atoms with E-state index in [1.165, 1.54) is 103 Å². The van der Waals surface area contributed by atoms with Crippen LogP contribution in [0.15, 0.2) is 85.1 Å². The number of ether oxygens (including phenoxy) is 3. The monoisotopic (exact) mass is 821 g/mol. The van der Waals surface area contributed by atoms with Crippen molar-refractivity contribution in [2.45, 2.75) is 219 Å². The second-order valence-electron chi connectivity index (χ2n) is 15.7. The van der Waals surface area contributed by atoms with Crippen molar-refractivity contribution in [2.24, 2.45) is 0 Å². The molecule has 0 heterocycles. The molecule has 0 aromatic heterocycles. The lowest BCUT2D eigenvalue weighted by molar-refractivity contribution is -0.167. The van der Waals surface area contributed by atoms with Gasteiger partial charge in [0.25, 0.3) is 0 Å². The predicted molar refractivity (Wildman–Crippen MR) is 251 cm³/mol. The molecule has 336 valence electrons. The summed E-state index contributed by atoms with van der Waals surface area (Å²) in [4.78, 5) is 37.7. The van der Waals surface area contributed by atoms with E-state index in [2.05, 4.69) is 51.2 Å². The number of unbranched alkanes of at least 4 members (excludes halogenated alkanes) is 21. The first-order valence-corrected chi connectivity index (χ1v) is 24.2. The second-order valence-corrected chi connectivity index (χ2v) is 15.7. The summed E-state index contributed by atoms with van der Waals surface area (Å²) in [6, 6.07) is 0. The standard InChI is InChI=1S/C53H88O6/c1-4-7-10-13-16-19-21-23-24-25-26-27-28-30-31-34-37-40-43-46-52(55)58-49-50(48-57-51(54)45-42-39-36-33-18-15-12-9-6-3)59-53(56)47-44-41-38-35-32-29-22-20-17-14-11-8-5-2/h8-9,11-12,14,17-18,20,22,29,32-33,35,38,50H,4-7,10,13,15-16,19,21,23-28,30-31,34,36-37,39-49H2,1-3H3/b11-8-,12-9-,17-14-,22-20-,32-29-,33-18-,38-35-. The average molecular weight is 821 g/mol. The van der Waals surface area contributed by atoms with E-state index in [1.54, 1.807) is 0 Å². The van der Waals surface area contributed by atoms with Gasteiger partial charge in [0.2, 0.25) is 0 Å². The largest absolute Gasteiger partial charge is 0.462 e. The van der Waals surface area contributed by atoms with E-state index in [9.17, 15) is 14.4 Å². The molecule has 0 saturated carbocycles. The minimum atomic E-state index is -0.823. The summed E-state index contributed by atoms with van der Waals surface area (Å²) >= 11 is 0. The summed E-state index contributed by atoms with van der Waals surface area (Å²) in [7, 11) is 0. The Hall–Kier alpha value is -3.41. The van der Waals surface area contributed by atoms with Gasteiger partial charge in [0.05, 0.1) is 0 Å². The van der Waals surface area contributed by atoms with Crippen LogP contribution in [0.2, 0.25) is 0 Å². The maximum atomic E-state index is 12.7. The number of allylic oxidation sites excluding steroid dienone is 14. The van der Waals surface area contributed by atoms with Gasteiger partial charge < -0.3 is 14.2 Å². The molecule has 0 bridgehead atoms. The molecular weight excluding hydrogens is 733 g/mol. The highest BCUT2D eigenvalue weighted by atomic mass is 16.6. The highest BCUT2D eigenvalue weighted by molar-refractivity contribution is 5.71. The van der Waals surface area contributed by atoms with Crippen LogP contribution in [-0.4, -0.2) is 37.2 Å². The number of hydrogen-bond acceptors (Lipinski definition) is 6. The van der Waals surface area contributed by atoms with E-state index in [4.69, 9.17) is 14.2 Å². The van der Waals surface area contributed by atoms with Crippen LogP contribution in [-0.2, 0) is 28.6 Å². The molecule has 59 heavy (non-hydrogen) atoms. The number of rotatable bonds is 42. The van der Waals surface area contributed by atoms with Crippen LogP contribution in [0.3, 0.4) is 0 Å². The lowest BCUT2D eigenvalue weighted by Gasteiger charge is -2.18. The molecule has 0 radical (unpaired) electrons. The smallest absolute Gasteiger partial charge is 0.306 e. The Morgan fingerprint density at radius 2 is 0.763 bits per heavy atom. The zero-order valence-corrected chi connectivity index (χ0v) is 38.2. The summed E-state index contributed by atoms with van der Waals surface area (Å²) in [5, 5.41) is 0. The minimum Gasteiger partial charge on any atom is -0.462 e. The summed E-state index contributed by atoms with van der Waals surface area (Å²) in [5.41, 5.74) is 0. The van der Waals surface area contributed by atoms with Crippen LogP contribution in [0.4, 0.5) is 0 Å². The molecule has 0 aliphatic rings. The third-order valence-corrected chi connectivity index (χ3v) is 10.0.